The van der Waals surface area contributed by atoms with Gasteiger partial charge < -0.3 is 26.6 Å². The molecule has 0 bridgehead atoms. The van der Waals surface area contributed by atoms with Crippen molar-refractivity contribution in [1.82, 2.24) is 15.1 Å². The Morgan fingerprint density at radius 3 is 1.83 bits per heavy atom. The van der Waals surface area contributed by atoms with Crippen LogP contribution in [0.15, 0.2) is 36.4 Å². The highest BCUT2D eigenvalue weighted by Crippen LogP contribution is 2.23. The molecule has 2 aromatic rings. The zero-order chi connectivity index (χ0) is 30.5. The summed E-state index contributed by atoms with van der Waals surface area (Å²) >= 11 is 24.6. The van der Waals surface area contributed by atoms with E-state index in [2.05, 4.69) is 5.32 Å². The summed E-state index contributed by atoms with van der Waals surface area (Å²) in [6, 6.07) is 9.18. The van der Waals surface area contributed by atoms with E-state index in [0.717, 1.165) is 11.1 Å². The van der Waals surface area contributed by atoms with Crippen molar-refractivity contribution in [2.24, 2.45) is 11.5 Å². The fraction of sp³-hybridized carbons (Fsp3) is 0.429. The van der Waals surface area contributed by atoms with Crippen LogP contribution in [0.2, 0.25) is 20.1 Å². The Morgan fingerprint density at radius 2 is 1.37 bits per heavy atom. The van der Waals surface area contributed by atoms with E-state index >= 15 is 0 Å². The van der Waals surface area contributed by atoms with Crippen LogP contribution >= 0.6 is 46.4 Å². The third kappa shape index (κ3) is 12.1. The third-order valence-corrected chi connectivity index (χ3v) is 7.47. The van der Waals surface area contributed by atoms with Crippen molar-refractivity contribution in [3.05, 3.63) is 67.6 Å². The van der Waals surface area contributed by atoms with Crippen molar-refractivity contribution >= 4 is 70.0 Å². The number of primary amides is 1. The van der Waals surface area contributed by atoms with Crippen LogP contribution in [0.5, 0.6) is 0 Å². The van der Waals surface area contributed by atoms with Crippen LogP contribution in [-0.4, -0.2) is 72.2 Å². The van der Waals surface area contributed by atoms with Crippen molar-refractivity contribution in [3.8, 4) is 0 Å². The van der Waals surface area contributed by atoms with Crippen molar-refractivity contribution in [2.75, 3.05) is 32.7 Å². The maximum atomic E-state index is 13.7. The van der Waals surface area contributed by atoms with Crippen molar-refractivity contribution in [2.45, 2.75) is 45.1 Å². The number of carbonyl (C=O) groups excluding carboxylic acids is 4. The van der Waals surface area contributed by atoms with E-state index in [9.17, 15) is 19.2 Å². The Labute approximate surface area is 260 Å². The van der Waals surface area contributed by atoms with Crippen LogP contribution in [0, 0.1) is 0 Å². The van der Waals surface area contributed by atoms with Gasteiger partial charge in [0.2, 0.25) is 23.6 Å². The second-order valence-electron chi connectivity index (χ2n) is 9.55. The van der Waals surface area contributed by atoms with Crippen LogP contribution in [0.1, 0.15) is 37.3 Å². The molecule has 0 radical (unpaired) electrons. The first-order valence-corrected chi connectivity index (χ1v) is 14.6. The lowest BCUT2D eigenvalue weighted by atomic mass is 10.1. The molecule has 0 aliphatic carbocycles. The molecule has 4 amide bonds. The predicted octanol–water partition coefficient (Wildman–Crippen LogP) is 3.86. The minimum Gasteiger partial charge on any atom is -0.368 e. The fourth-order valence-corrected chi connectivity index (χ4v) is 5.19. The first-order chi connectivity index (χ1) is 19.4. The van der Waals surface area contributed by atoms with Crippen molar-refractivity contribution in [3.63, 3.8) is 0 Å². The molecule has 0 fully saturated rings. The van der Waals surface area contributed by atoms with E-state index < -0.39 is 23.8 Å². The fourth-order valence-electron chi connectivity index (χ4n) is 4.19. The van der Waals surface area contributed by atoms with Gasteiger partial charge in [-0.1, -0.05) is 58.5 Å². The minimum absolute atomic E-state index is 0.117. The van der Waals surface area contributed by atoms with Gasteiger partial charge in [0.25, 0.3) is 0 Å². The van der Waals surface area contributed by atoms with Gasteiger partial charge in [0, 0.05) is 40.1 Å². The molecule has 1 atom stereocenters. The number of rotatable bonds is 16. The lowest BCUT2D eigenvalue weighted by Crippen LogP contribution is -2.52. The molecule has 0 heterocycles. The number of halogens is 4. The SMILES string of the molecule is CC(=O)NC(CCCCN)C(=O)N(CCc1ccc(Cl)cc1Cl)CC(=O)N(CCc1ccc(Cl)cc1Cl)CC(N)=O. The lowest BCUT2D eigenvalue weighted by Gasteiger charge is -2.30. The summed E-state index contributed by atoms with van der Waals surface area (Å²) in [4.78, 5) is 53.6. The average molecular weight is 647 g/mol. The first kappa shape index (κ1) is 34.6. The monoisotopic (exact) mass is 645 g/mol. The van der Waals surface area contributed by atoms with E-state index in [-0.39, 0.29) is 32.1 Å². The molecular formula is C28H35Cl4N5O4. The van der Waals surface area contributed by atoms with Crippen LogP contribution < -0.4 is 16.8 Å². The summed E-state index contributed by atoms with van der Waals surface area (Å²) in [5.41, 5.74) is 12.5. The van der Waals surface area contributed by atoms with Crippen LogP contribution in [0.4, 0.5) is 0 Å². The molecule has 0 aromatic heterocycles. The molecule has 2 rings (SSSR count). The molecule has 1 unspecified atom stereocenters. The highest BCUT2D eigenvalue weighted by atomic mass is 35.5. The van der Waals surface area contributed by atoms with Gasteiger partial charge in [-0.3, -0.25) is 19.2 Å². The van der Waals surface area contributed by atoms with Gasteiger partial charge in [-0.15, -0.1) is 0 Å². The number of nitrogens with one attached hydrogen (secondary N) is 1. The number of nitrogens with two attached hydrogens (primary N) is 2. The molecule has 0 aliphatic rings. The molecule has 0 saturated carbocycles. The summed E-state index contributed by atoms with van der Waals surface area (Å²) in [5, 5.41) is 4.48. The Kier molecular flexibility index (Phi) is 14.7. The predicted molar refractivity (Wildman–Crippen MR) is 163 cm³/mol. The summed E-state index contributed by atoms with van der Waals surface area (Å²) in [5.74, 6) is -2.01. The van der Waals surface area contributed by atoms with E-state index in [4.69, 9.17) is 57.9 Å². The maximum Gasteiger partial charge on any atom is 0.245 e. The third-order valence-electron chi connectivity index (χ3n) is 6.29. The number of benzene rings is 2. The highest BCUT2D eigenvalue weighted by molar-refractivity contribution is 6.35. The van der Waals surface area contributed by atoms with Gasteiger partial charge in [-0.2, -0.15) is 0 Å². The zero-order valence-electron chi connectivity index (χ0n) is 22.8. The van der Waals surface area contributed by atoms with Crippen LogP contribution in [0.3, 0.4) is 0 Å². The maximum absolute atomic E-state index is 13.7. The highest BCUT2D eigenvalue weighted by Gasteiger charge is 2.28. The summed E-state index contributed by atoms with van der Waals surface area (Å²) in [6.45, 7) is 1.31. The molecule has 0 aliphatic heterocycles. The second-order valence-corrected chi connectivity index (χ2v) is 11.2. The molecule has 9 nitrogen and oxygen atoms in total. The average Bonchev–Trinajstić information content (AvgIpc) is 2.89. The second kappa shape index (κ2) is 17.4. The molecule has 0 spiro atoms. The van der Waals surface area contributed by atoms with Crippen LogP contribution in [-0.2, 0) is 32.0 Å². The standard InChI is InChI=1S/C28H35Cl4N5O4/c1-18(38)35-25(4-2-3-11-33)28(41)37(13-10-20-6-8-22(30)15-24(20)32)17-27(40)36(16-26(34)39)12-9-19-5-7-21(29)14-23(19)31/h5-8,14-15,25H,2-4,9-13,16-17,33H2,1H3,(H2,34,39)(H,35,38). The molecular weight excluding hydrogens is 612 g/mol. The van der Waals surface area contributed by atoms with Crippen molar-refractivity contribution < 1.29 is 19.2 Å². The zero-order valence-corrected chi connectivity index (χ0v) is 25.8. The molecule has 13 heteroatoms. The van der Waals surface area contributed by atoms with Crippen molar-refractivity contribution in [1.29, 1.82) is 0 Å². The van der Waals surface area contributed by atoms with E-state index in [1.165, 1.54) is 16.7 Å². The lowest BCUT2D eigenvalue weighted by molar-refractivity contribution is -0.143. The number of nitrogens with zero attached hydrogens (tertiary/aromatic N) is 2. The molecule has 41 heavy (non-hydrogen) atoms. The summed E-state index contributed by atoms with van der Waals surface area (Å²) < 4.78 is 0. The summed E-state index contributed by atoms with van der Waals surface area (Å²) in [6.07, 6.45) is 2.27. The van der Waals surface area contributed by atoms with Gasteiger partial charge in [0.05, 0.1) is 13.1 Å². The van der Waals surface area contributed by atoms with Crippen LogP contribution in [0.25, 0.3) is 0 Å². The van der Waals surface area contributed by atoms with Gasteiger partial charge in [-0.05, 0) is 74.0 Å². The summed E-state index contributed by atoms with van der Waals surface area (Å²) in [7, 11) is 0. The Bertz CT molecular complexity index is 1230. The number of carbonyl (C=O) groups is 4. The van der Waals surface area contributed by atoms with E-state index in [0.29, 0.717) is 58.7 Å². The Hall–Kier alpha value is -2.56. The first-order valence-electron chi connectivity index (χ1n) is 13.1. The minimum atomic E-state index is -0.856. The topological polar surface area (TPSA) is 139 Å². The van der Waals surface area contributed by atoms with E-state index in [1.807, 2.05) is 0 Å². The molecule has 5 N–H and O–H groups in total. The largest absolute Gasteiger partial charge is 0.368 e. The Balaban J connectivity index is 2.29. The normalized spacial score (nSPS) is 11.6. The van der Waals surface area contributed by atoms with E-state index in [1.54, 1.807) is 36.4 Å². The van der Waals surface area contributed by atoms with Gasteiger partial charge in [0.1, 0.15) is 6.04 Å². The molecule has 0 saturated heterocycles. The number of unbranched alkanes of at least 4 members (excludes halogenated alkanes) is 1. The Morgan fingerprint density at radius 1 is 0.829 bits per heavy atom. The molecule has 224 valence electrons. The molecule has 2 aromatic carbocycles. The number of hydrogen-bond acceptors (Lipinski definition) is 5. The number of hydrogen-bond donors (Lipinski definition) is 3. The van der Waals surface area contributed by atoms with Gasteiger partial charge in [-0.25, -0.2) is 0 Å². The van der Waals surface area contributed by atoms with Gasteiger partial charge in [0.15, 0.2) is 0 Å². The quantitative estimate of drug-likeness (QED) is 0.238. The number of amides is 4. The van der Waals surface area contributed by atoms with Gasteiger partial charge >= 0.3 is 0 Å². The smallest absolute Gasteiger partial charge is 0.245 e.